The number of carbonyl (C=O) groups excluding carboxylic acids is 2. The second-order valence-corrected chi connectivity index (χ2v) is 13.9. The minimum atomic E-state index is -0.842. The number of epoxide rings is 1. The summed E-state index contributed by atoms with van der Waals surface area (Å²) in [7, 11) is 0. The SMILES string of the molecule is Cc1ccc([I-]c2ccc(OCC(=O)OC3CCC(OCOCOC(=O)CC4CCC5OC5C4)CC3O)cc2)cc1. The van der Waals surface area contributed by atoms with Crippen LogP contribution in [0, 0.1) is 20.0 Å². The number of ether oxygens (including phenoxy) is 6. The fourth-order valence-electron chi connectivity index (χ4n) is 5.28. The molecule has 1 aliphatic heterocycles. The van der Waals surface area contributed by atoms with Gasteiger partial charge in [-0.25, -0.2) is 0 Å². The molecule has 41 heavy (non-hydrogen) atoms. The number of hydrogen-bond donors (Lipinski definition) is 1. The molecule has 3 aliphatic rings. The first-order valence-electron chi connectivity index (χ1n) is 14.2. The van der Waals surface area contributed by atoms with Crippen LogP contribution in [-0.2, 0) is 33.3 Å². The molecule has 10 heteroatoms. The molecule has 1 heterocycles. The molecule has 9 nitrogen and oxygen atoms in total. The van der Waals surface area contributed by atoms with Crippen LogP contribution in [0.2, 0.25) is 0 Å². The van der Waals surface area contributed by atoms with Gasteiger partial charge in [0.05, 0.1) is 12.2 Å². The predicted molar refractivity (Wildman–Crippen MR) is 143 cm³/mol. The zero-order chi connectivity index (χ0) is 28.6. The number of fused-ring (bicyclic) bond motifs is 1. The maximum atomic E-state index is 12.3. The van der Waals surface area contributed by atoms with Crippen LogP contribution in [0.5, 0.6) is 5.75 Å². The fourth-order valence-corrected chi connectivity index (χ4v) is 7.44. The molecule has 2 saturated carbocycles. The van der Waals surface area contributed by atoms with E-state index in [9.17, 15) is 14.7 Å². The number of halogens is 1. The van der Waals surface area contributed by atoms with Gasteiger partial charge in [0, 0.05) is 6.42 Å². The van der Waals surface area contributed by atoms with E-state index in [1.807, 2.05) is 24.3 Å². The van der Waals surface area contributed by atoms with Crippen LogP contribution in [0.4, 0.5) is 0 Å². The summed E-state index contributed by atoms with van der Waals surface area (Å²) in [5.41, 5.74) is 1.25. The Kier molecular flexibility index (Phi) is 10.9. The predicted octanol–water partition coefficient (Wildman–Crippen LogP) is 0.776. The summed E-state index contributed by atoms with van der Waals surface area (Å²) >= 11 is -0.270. The van der Waals surface area contributed by atoms with Gasteiger partial charge >= 0.3 is 171 Å². The molecule has 2 aromatic carbocycles. The molecule has 2 aromatic rings. The third-order valence-corrected chi connectivity index (χ3v) is 10.3. The van der Waals surface area contributed by atoms with Gasteiger partial charge in [-0.3, -0.25) is 4.79 Å². The van der Waals surface area contributed by atoms with Crippen molar-refractivity contribution in [2.75, 3.05) is 20.2 Å². The second-order valence-electron chi connectivity index (χ2n) is 10.9. The number of aliphatic hydroxyl groups excluding tert-OH is 1. The molecule has 5 rings (SSSR count). The molecule has 2 aliphatic carbocycles. The standard InChI is InChI=1S/C31H38IO9/c1-20-2-5-22(6-3-20)32-23-7-9-24(10-8-23)37-17-31(35)41-27-13-11-25(16-26(27)33)38-18-36-19-39-30(34)15-21-4-12-28-29(14-21)40-28/h2-3,5-10,21,25-29,33H,4,11-19H2,1H3/q-1. The molecule has 1 N–H and O–H groups in total. The zero-order valence-electron chi connectivity index (χ0n) is 23.2. The monoisotopic (exact) mass is 681 g/mol. The van der Waals surface area contributed by atoms with Crippen molar-refractivity contribution in [3.05, 3.63) is 61.2 Å². The van der Waals surface area contributed by atoms with Crippen molar-refractivity contribution in [1.82, 2.24) is 0 Å². The third kappa shape index (κ3) is 9.64. The van der Waals surface area contributed by atoms with Gasteiger partial charge in [-0.2, -0.15) is 0 Å². The number of esters is 2. The number of carbonyl (C=O) groups is 2. The van der Waals surface area contributed by atoms with Crippen molar-refractivity contribution in [3.8, 4) is 5.75 Å². The normalized spacial score (nSPS) is 27.1. The topological polar surface area (TPSA) is 113 Å². The van der Waals surface area contributed by atoms with Crippen molar-refractivity contribution in [2.24, 2.45) is 5.92 Å². The van der Waals surface area contributed by atoms with E-state index in [1.165, 1.54) is 12.7 Å². The van der Waals surface area contributed by atoms with Crippen LogP contribution in [-0.4, -0.2) is 67.8 Å². The molecule has 0 amide bonds. The Balaban J connectivity index is 0.915. The number of hydrogen-bond acceptors (Lipinski definition) is 9. The molecule has 224 valence electrons. The van der Waals surface area contributed by atoms with E-state index >= 15 is 0 Å². The molecule has 0 bridgehead atoms. The summed E-state index contributed by atoms with van der Waals surface area (Å²) in [6.45, 7) is 1.64. The van der Waals surface area contributed by atoms with Crippen molar-refractivity contribution < 1.29 is 64.3 Å². The number of benzene rings is 2. The number of aliphatic hydroxyl groups is 1. The van der Waals surface area contributed by atoms with E-state index in [0.717, 1.165) is 19.3 Å². The molecule has 1 saturated heterocycles. The van der Waals surface area contributed by atoms with E-state index in [1.54, 1.807) is 0 Å². The molecule has 0 aromatic heterocycles. The first-order valence-corrected chi connectivity index (χ1v) is 16.4. The minimum absolute atomic E-state index is 0.0459. The van der Waals surface area contributed by atoms with Crippen LogP contribution < -0.4 is 25.9 Å². The summed E-state index contributed by atoms with van der Waals surface area (Å²) < 4.78 is 35.3. The molecule has 0 spiro atoms. The first kappa shape index (κ1) is 30.2. The number of rotatable bonds is 13. The summed E-state index contributed by atoms with van der Waals surface area (Å²) in [4.78, 5) is 24.3. The Morgan fingerprint density at radius 1 is 0.902 bits per heavy atom. The first-order chi connectivity index (χ1) is 19.9. The molecular formula is C31H38IO9-. The Morgan fingerprint density at radius 3 is 2.39 bits per heavy atom. The van der Waals surface area contributed by atoms with E-state index < -0.39 is 18.2 Å². The second kappa shape index (κ2) is 14.8. The van der Waals surface area contributed by atoms with Gasteiger partial charge < -0.3 is 18.9 Å². The van der Waals surface area contributed by atoms with E-state index in [2.05, 4.69) is 31.2 Å². The Hall–Kier alpha value is -2.25. The van der Waals surface area contributed by atoms with Crippen molar-refractivity contribution >= 4 is 11.9 Å². The van der Waals surface area contributed by atoms with Gasteiger partial charge in [0.1, 0.15) is 0 Å². The summed E-state index contributed by atoms with van der Waals surface area (Å²) in [5.74, 6) is 0.128. The molecule has 0 radical (unpaired) electrons. The molecular weight excluding hydrogens is 643 g/mol. The Morgan fingerprint density at radius 2 is 1.66 bits per heavy atom. The van der Waals surface area contributed by atoms with Crippen molar-refractivity contribution in [2.45, 2.75) is 82.4 Å². The summed E-state index contributed by atoms with van der Waals surface area (Å²) in [6, 6.07) is 16.4. The Labute approximate surface area is 251 Å². The Bertz CT molecular complexity index is 1140. The third-order valence-electron chi connectivity index (χ3n) is 7.65. The van der Waals surface area contributed by atoms with Gasteiger partial charge in [-0.05, 0) is 25.2 Å². The molecule has 3 fully saturated rings. The molecule has 6 atom stereocenters. The van der Waals surface area contributed by atoms with Crippen LogP contribution in [0.3, 0.4) is 0 Å². The zero-order valence-corrected chi connectivity index (χ0v) is 25.4. The molecule has 6 unspecified atom stereocenters. The van der Waals surface area contributed by atoms with Gasteiger partial charge in [0.15, 0.2) is 13.6 Å². The van der Waals surface area contributed by atoms with Gasteiger partial charge in [-0.15, -0.1) is 0 Å². The van der Waals surface area contributed by atoms with Crippen molar-refractivity contribution in [1.29, 1.82) is 0 Å². The van der Waals surface area contributed by atoms with Gasteiger partial charge in [0.25, 0.3) is 0 Å². The summed E-state index contributed by atoms with van der Waals surface area (Å²) in [6.07, 6.45) is 3.82. The van der Waals surface area contributed by atoms with Crippen LogP contribution in [0.25, 0.3) is 0 Å². The average molecular weight is 682 g/mol. The van der Waals surface area contributed by atoms with Crippen LogP contribution >= 0.6 is 0 Å². The fraction of sp³-hybridized carbons (Fsp3) is 0.548. The summed E-state index contributed by atoms with van der Waals surface area (Å²) in [5, 5.41) is 10.5. The quantitative estimate of drug-likeness (QED) is 0.108. The van der Waals surface area contributed by atoms with Crippen molar-refractivity contribution in [3.63, 3.8) is 0 Å². The van der Waals surface area contributed by atoms with Gasteiger partial charge in [-0.1, -0.05) is 0 Å². The maximum absolute atomic E-state index is 12.3. The van der Waals surface area contributed by atoms with Gasteiger partial charge in [0.2, 0.25) is 0 Å². The van der Waals surface area contributed by atoms with Crippen LogP contribution in [0.15, 0.2) is 48.5 Å². The average Bonchev–Trinajstić information content (AvgIpc) is 3.74. The van der Waals surface area contributed by atoms with Crippen LogP contribution in [0.1, 0.15) is 50.5 Å². The van der Waals surface area contributed by atoms with E-state index in [-0.39, 0.29) is 53.5 Å². The number of aryl methyl sites for hydroxylation is 1. The van der Waals surface area contributed by atoms with E-state index in [0.29, 0.717) is 49.6 Å². The van der Waals surface area contributed by atoms with E-state index in [4.69, 9.17) is 28.4 Å².